The fraction of sp³-hybridized carbons (Fsp3) is 0.400. The highest BCUT2D eigenvalue weighted by molar-refractivity contribution is 6.37. The lowest BCUT2D eigenvalue weighted by Crippen LogP contribution is -2.17. The molecular weight excluding hydrogens is 256 g/mol. The summed E-state index contributed by atoms with van der Waals surface area (Å²) in [4.78, 5) is 0. The monoisotopic (exact) mass is 269 g/mol. The van der Waals surface area contributed by atoms with Crippen molar-refractivity contribution in [1.82, 2.24) is 0 Å². The third-order valence-electron chi connectivity index (χ3n) is 1.82. The van der Waals surface area contributed by atoms with Gasteiger partial charge in [0.05, 0.1) is 17.2 Å². The third-order valence-corrected chi connectivity index (χ3v) is 2.38. The summed E-state index contributed by atoms with van der Waals surface area (Å²) < 4.78 is 5.04. The van der Waals surface area contributed by atoms with E-state index in [2.05, 4.69) is 0 Å². The maximum absolute atomic E-state index is 5.97. The van der Waals surface area contributed by atoms with Crippen molar-refractivity contribution in [3.8, 4) is 5.75 Å². The molecule has 0 bridgehead atoms. The molecule has 0 saturated carbocycles. The van der Waals surface area contributed by atoms with Crippen LogP contribution >= 0.6 is 35.6 Å². The van der Waals surface area contributed by atoms with Gasteiger partial charge in [0.2, 0.25) is 0 Å². The molecule has 0 aliphatic heterocycles. The summed E-state index contributed by atoms with van der Waals surface area (Å²) in [6.07, 6.45) is 0.753. The predicted molar refractivity (Wildman–Crippen MR) is 67.6 cm³/mol. The average Bonchev–Trinajstić information content (AvgIpc) is 2.01. The molecule has 5 heteroatoms. The zero-order valence-corrected chi connectivity index (χ0v) is 10.9. The van der Waals surface area contributed by atoms with E-state index in [9.17, 15) is 0 Å². The summed E-state index contributed by atoms with van der Waals surface area (Å²) in [7, 11) is 1.54. The number of hydrogen-bond acceptors (Lipinski definition) is 2. The van der Waals surface area contributed by atoms with Gasteiger partial charge < -0.3 is 10.5 Å². The molecule has 15 heavy (non-hydrogen) atoms. The summed E-state index contributed by atoms with van der Waals surface area (Å²) in [5, 5.41) is 1.05. The van der Waals surface area contributed by atoms with E-state index in [1.54, 1.807) is 7.11 Å². The second-order valence-corrected chi connectivity index (χ2v) is 4.09. The normalized spacial score (nSPS) is 11.8. The van der Waals surface area contributed by atoms with Crippen LogP contribution in [-0.2, 0) is 6.42 Å². The molecule has 0 aliphatic rings. The quantitative estimate of drug-likeness (QED) is 0.914. The van der Waals surface area contributed by atoms with E-state index >= 15 is 0 Å². The van der Waals surface area contributed by atoms with Gasteiger partial charge in [0.25, 0.3) is 0 Å². The molecule has 1 unspecified atom stereocenters. The number of ether oxygens (including phenoxy) is 1. The third kappa shape index (κ3) is 4.07. The molecule has 2 nitrogen and oxygen atoms in total. The molecule has 1 atom stereocenters. The van der Waals surface area contributed by atoms with Gasteiger partial charge in [0, 0.05) is 6.04 Å². The van der Waals surface area contributed by atoms with Crippen LogP contribution in [0.25, 0.3) is 0 Å². The zero-order chi connectivity index (χ0) is 10.7. The molecule has 1 aromatic carbocycles. The predicted octanol–water partition coefficient (Wildman–Crippen LogP) is 3.31. The second kappa shape index (κ2) is 6.44. The summed E-state index contributed by atoms with van der Waals surface area (Å²) in [6.45, 7) is 1.94. The van der Waals surface area contributed by atoms with E-state index in [0.717, 1.165) is 12.0 Å². The molecular formula is C10H14Cl3NO. The average molecular weight is 271 g/mol. The molecule has 0 aromatic heterocycles. The molecule has 1 aromatic rings. The van der Waals surface area contributed by atoms with Gasteiger partial charge in [-0.3, -0.25) is 0 Å². The van der Waals surface area contributed by atoms with E-state index < -0.39 is 0 Å². The van der Waals surface area contributed by atoms with Crippen molar-refractivity contribution in [3.05, 3.63) is 27.7 Å². The van der Waals surface area contributed by atoms with Gasteiger partial charge in [-0.05, 0) is 31.0 Å². The smallest absolute Gasteiger partial charge is 0.156 e. The van der Waals surface area contributed by atoms with Crippen molar-refractivity contribution in [3.63, 3.8) is 0 Å². The molecule has 1 rings (SSSR count). The van der Waals surface area contributed by atoms with Crippen LogP contribution in [0, 0.1) is 0 Å². The first-order chi connectivity index (χ1) is 6.54. The summed E-state index contributed by atoms with van der Waals surface area (Å²) in [5.74, 6) is 0.516. The van der Waals surface area contributed by atoms with Gasteiger partial charge in [0.15, 0.2) is 5.75 Å². The van der Waals surface area contributed by atoms with Gasteiger partial charge in [-0.25, -0.2) is 0 Å². The van der Waals surface area contributed by atoms with Gasteiger partial charge >= 0.3 is 0 Å². The van der Waals surface area contributed by atoms with Gasteiger partial charge in [-0.1, -0.05) is 23.2 Å². The maximum Gasteiger partial charge on any atom is 0.156 e. The Balaban J connectivity index is 0.00000196. The molecule has 0 saturated heterocycles. The minimum atomic E-state index is 0. The highest BCUT2D eigenvalue weighted by Gasteiger charge is 2.09. The lowest BCUT2D eigenvalue weighted by atomic mass is 10.1. The van der Waals surface area contributed by atoms with Crippen LogP contribution in [0.2, 0.25) is 10.0 Å². The lowest BCUT2D eigenvalue weighted by Gasteiger charge is -2.10. The van der Waals surface area contributed by atoms with Crippen LogP contribution in [0.5, 0.6) is 5.75 Å². The summed E-state index contributed by atoms with van der Waals surface area (Å²) in [6, 6.07) is 3.75. The first kappa shape index (κ1) is 14.8. The molecule has 0 radical (unpaired) electrons. The minimum Gasteiger partial charge on any atom is -0.494 e. The number of methoxy groups -OCH3 is 1. The lowest BCUT2D eigenvalue weighted by molar-refractivity contribution is 0.415. The van der Waals surface area contributed by atoms with Crippen LogP contribution < -0.4 is 10.5 Å². The zero-order valence-electron chi connectivity index (χ0n) is 8.59. The molecule has 0 fully saturated rings. The molecule has 0 spiro atoms. The van der Waals surface area contributed by atoms with Crippen LogP contribution in [0.3, 0.4) is 0 Å². The topological polar surface area (TPSA) is 35.2 Å². The summed E-state index contributed by atoms with van der Waals surface area (Å²) >= 11 is 11.9. The molecule has 0 heterocycles. The van der Waals surface area contributed by atoms with Crippen molar-refractivity contribution in [2.24, 2.45) is 5.73 Å². The Labute approximate surface area is 106 Å². The Hall–Kier alpha value is -0.150. The Morgan fingerprint density at radius 1 is 1.33 bits per heavy atom. The Morgan fingerprint density at radius 2 is 1.80 bits per heavy atom. The van der Waals surface area contributed by atoms with Crippen LogP contribution in [-0.4, -0.2) is 13.2 Å². The highest BCUT2D eigenvalue weighted by atomic mass is 35.5. The van der Waals surface area contributed by atoms with E-state index in [1.165, 1.54) is 0 Å². The maximum atomic E-state index is 5.97. The molecule has 2 N–H and O–H groups in total. The van der Waals surface area contributed by atoms with Crippen molar-refractivity contribution in [2.75, 3.05) is 7.11 Å². The first-order valence-electron chi connectivity index (χ1n) is 4.32. The van der Waals surface area contributed by atoms with Crippen molar-refractivity contribution in [2.45, 2.75) is 19.4 Å². The molecule has 86 valence electrons. The molecule has 0 aliphatic carbocycles. The van der Waals surface area contributed by atoms with Crippen LogP contribution in [0.1, 0.15) is 12.5 Å². The van der Waals surface area contributed by atoms with Crippen molar-refractivity contribution in [1.29, 1.82) is 0 Å². The number of benzene rings is 1. The Kier molecular flexibility index (Phi) is 6.37. The SMILES string of the molecule is COc1c(Cl)cc(CC(C)N)cc1Cl.Cl. The Bertz CT molecular complexity index is 305. The Morgan fingerprint density at radius 3 is 2.13 bits per heavy atom. The van der Waals surface area contributed by atoms with Gasteiger partial charge in [0.1, 0.15) is 0 Å². The van der Waals surface area contributed by atoms with Crippen LogP contribution in [0.4, 0.5) is 0 Å². The van der Waals surface area contributed by atoms with Gasteiger partial charge in [-0.15, -0.1) is 12.4 Å². The standard InChI is InChI=1S/C10H13Cl2NO.ClH/c1-6(13)3-7-4-8(11)10(14-2)9(12)5-7;/h4-6H,3,13H2,1-2H3;1H. The van der Waals surface area contributed by atoms with E-state index in [-0.39, 0.29) is 18.4 Å². The van der Waals surface area contributed by atoms with E-state index in [1.807, 2.05) is 19.1 Å². The second-order valence-electron chi connectivity index (χ2n) is 3.27. The van der Waals surface area contributed by atoms with E-state index in [4.69, 9.17) is 33.7 Å². The molecule has 0 amide bonds. The first-order valence-corrected chi connectivity index (χ1v) is 5.07. The minimum absolute atomic E-state index is 0. The van der Waals surface area contributed by atoms with Gasteiger partial charge in [-0.2, -0.15) is 0 Å². The van der Waals surface area contributed by atoms with Crippen molar-refractivity contribution >= 4 is 35.6 Å². The van der Waals surface area contributed by atoms with Crippen molar-refractivity contribution < 1.29 is 4.74 Å². The van der Waals surface area contributed by atoms with E-state index in [0.29, 0.717) is 15.8 Å². The fourth-order valence-corrected chi connectivity index (χ4v) is 1.98. The summed E-state index contributed by atoms with van der Waals surface area (Å²) in [5.41, 5.74) is 6.70. The highest BCUT2D eigenvalue weighted by Crippen LogP contribution is 2.33. The number of halogens is 3. The fourth-order valence-electron chi connectivity index (χ4n) is 1.30. The number of rotatable bonds is 3. The largest absolute Gasteiger partial charge is 0.494 e. The number of nitrogens with two attached hydrogens (primary N) is 1. The van der Waals surface area contributed by atoms with Crippen LogP contribution in [0.15, 0.2) is 12.1 Å². The number of hydrogen-bond donors (Lipinski definition) is 1.